The van der Waals surface area contributed by atoms with Crippen LogP contribution in [-0.4, -0.2) is 43.5 Å². The number of anilines is 1. The molecule has 0 unspecified atom stereocenters. The molecule has 0 spiro atoms. The van der Waals surface area contributed by atoms with Gasteiger partial charge in [-0.15, -0.1) is 0 Å². The molecule has 1 N–H and O–H groups in total. The Morgan fingerprint density at radius 3 is 2.95 bits per heavy atom. The van der Waals surface area contributed by atoms with Crippen LogP contribution in [0.3, 0.4) is 0 Å². The van der Waals surface area contributed by atoms with Crippen molar-refractivity contribution >= 4 is 17.5 Å². The molecule has 1 aliphatic heterocycles. The highest BCUT2D eigenvalue weighted by Crippen LogP contribution is 2.34. The van der Waals surface area contributed by atoms with Gasteiger partial charge in [0.1, 0.15) is 5.82 Å². The number of likely N-dealkylation sites (N-methyl/N-ethyl adjacent to an activating group) is 1. The van der Waals surface area contributed by atoms with E-state index >= 15 is 0 Å². The van der Waals surface area contributed by atoms with Crippen LogP contribution in [-0.2, 0) is 14.3 Å². The molecule has 0 saturated heterocycles. The van der Waals surface area contributed by atoms with Crippen molar-refractivity contribution in [3.63, 3.8) is 0 Å². The number of amides is 2. The van der Waals surface area contributed by atoms with E-state index in [1.807, 2.05) is 6.92 Å². The molecule has 2 atom stereocenters. The average Bonchev–Trinajstić information content (AvgIpc) is 2.44. The van der Waals surface area contributed by atoms with Crippen molar-refractivity contribution in [1.29, 1.82) is 0 Å². The zero-order chi connectivity index (χ0) is 15.6. The van der Waals surface area contributed by atoms with Gasteiger partial charge in [0, 0.05) is 26.3 Å². The minimum absolute atomic E-state index is 0.0709. The van der Waals surface area contributed by atoms with E-state index < -0.39 is 11.7 Å². The predicted octanol–water partition coefficient (Wildman–Crippen LogP) is 1.74. The van der Waals surface area contributed by atoms with Crippen LogP contribution in [0.15, 0.2) is 18.2 Å². The molecule has 1 aromatic rings. The molecular formula is C15H19FN2O3. The largest absolute Gasteiger partial charge is 0.383 e. The lowest BCUT2D eigenvalue weighted by molar-refractivity contribution is -0.136. The quantitative estimate of drug-likeness (QED) is 0.920. The maximum atomic E-state index is 13.3. The van der Waals surface area contributed by atoms with E-state index in [4.69, 9.17) is 4.74 Å². The van der Waals surface area contributed by atoms with E-state index in [1.165, 1.54) is 12.1 Å². The van der Waals surface area contributed by atoms with Crippen LogP contribution in [0.5, 0.6) is 0 Å². The van der Waals surface area contributed by atoms with Crippen molar-refractivity contribution in [3.05, 3.63) is 29.6 Å². The van der Waals surface area contributed by atoms with E-state index in [0.717, 1.165) is 0 Å². The molecule has 5 nitrogen and oxygen atoms in total. The Kier molecular flexibility index (Phi) is 4.57. The summed E-state index contributed by atoms with van der Waals surface area (Å²) in [7, 11) is 3.25. The van der Waals surface area contributed by atoms with Crippen molar-refractivity contribution in [1.82, 2.24) is 4.90 Å². The van der Waals surface area contributed by atoms with Gasteiger partial charge in [-0.25, -0.2) is 4.39 Å². The molecule has 1 heterocycles. The molecule has 2 amide bonds. The van der Waals surface area contributed by atoms with Crippen LogP contribution in [0.1, 0.15) is 24.8 Å². The second kappa shape index (κ2) is 6.22. The third-order valence-corrected chi connectivity index (χ3v) is 3.77. The summed E-state index contributed by atoms with van der Waals surface area (Å²) in [6, 6.07) is 4.00. The Labute approximate surface area is 123 Å². The first-order chi connectivity index (χ1) is 9.93. The summed E-state index contributed by atoms with van der Waals surface area (Å²) >= 11 is 0. The fourth-order valence-corrected chi connectivity index (χ4v) is 2.47. The molecule has 0 aromatic heterocycles. The normalized spacial score (nSPS) is 18.7. The van der Waals surface area contributed by atoms with Gasteiger partial charge in [0.25, 0.3) is 0 Å². The molecule has 0 aliphatic carbocycles. The molecule has 1 aromatic carbocycles. The first-order valence-corrected chi connectivity index (χ1v) is 6.79. The molecule has 0 radical (unpaired) electrons. The monoisotopic (exact) mass is 294 g/mol. The second-order valence-corrected chi connectivity index (χ2v) is 5.29. The number of nitrogens with one attached hydrogen (secondary N) is 1. The lowest BCUT2D eigenvalue weighted by Gasteiger charge is -2.31. The van der Waals surface area contributed by atoms with Crippen molar-refractivity contribution < 1.29 is 18.7 Å². The van der Waals surface area contributed by atoms with Crippen LogP contribution in [0, 0.1) is 5.82 Å². The number of methoxy groups -OCH3 is 1. The first kappa shape index (κ1) is 15.4. The molecule has 114 valence electrons. The number of fused-ring (bicyclic) bond motifs is 1. The molecule has 0 fully saturated rings. The Morgan fingerprint density at radius 2 is 2.29 bits per heavy atom. The number of nitrogens with zero attached hydrogens (tertiary/aromatic N) is 1. The van der Waals surface area contributed by atoms with Gasteiger partial charge < -0.3 is 15.0 Å². The Morgan fingerprint density at radius 1 is 1.57 bits per heavy atom. The highest BCUT2D eigenvalue weighted by atomic mass is 19.1. The van der Waals surface area contributed by atoms with E-state index in [9.17, 15) is 14.0 Å². The van der Waals surface area contributed by atoms with Crippen LogP contribution >= 0.6 is 0 Å². The average molecular weight is 294 g/mol. The third kappa shape index (κ3) is 3.21. The molecular weight excluding hydrogens is 275 g/mol. The van der Waals surface area contributed by atoms with Crippen LogP contribution in [0.2, 0.25) is 0 Å². The van der Waals surface area contributed by atoms with Gasteiger partial charge in [-0.3, -0.25) is 9.59 Å². The number of benzene rings is 1. The molecule has 0 bridgehead atoms. The maximum absolute atomic E-state index is 13.3. The highest BCUT2D eigenvalue weighted by Gasteiger charge is 2.33. The van der Waals surface area contributed by atoms with Crippen LogP contribution in [0.4, 0.5) is 10.1 Å². The molecule has 0 saturated carbocycles. The van der Waals surface area contributed by atoms with Crippen LogP contribution < -0.4 is 5.32 Å². The zero-order valence-corrected chi connectivity index (χ0v) is 12.4. The summed E-state index contributed by atoms with van der Waals surface area (Å²) in [6.07, 6.45) is 0.0709. The first-order valence-electron chi connectivity index (χ1n) is 6.79. The van der Waals surface area contributed by atoms with E-state index in [1.54, 1.807) is 25.1 Å². The topological polar surface area (TPSA) is 58.6 Å². The minimum atomic E-state index is -0.585. The Balaban J connectivity index is 2.28. The van der Waals surface area contributed by atoms with Gasteiger partial charge in [0.2, 0.25) is 11.8 Å². The Bertz CT molecular complexity index is 562. The molecule has 21 heavy (non-hydrogen) atoms. The smallest absolute Gasteiger partial charge is 0.230 e. The molecule has 1 aliphatic rings. The second-order valence-electron chi connectivity index (χ2n) is 5.29. The molecule has 2 rings (SSSR count). The summed E-state index contributed by atoms with van der Waals surface area (Å²) in [6.45, 7) is 2.29. The summed E-state index contributed by atoms with van der Waals surface area (Å²) in [5, 5.41) is 2.60. The summed E-state index contributed by atoms with van der Waals surface area (Å²) in [5.74, 6) is -1.47. The number of carbonyl (C=O) groups excluding carboxylic acids is 2. The fraction of sp³-hybridized carbons (Fsp3) is 0.467. The number of ether oxygens (including phenoxy) is 1. The van der Waals surface area contributed by atoms with Crippen molar-refractivity contribution in [3.8, 4) is 0 Å². The molecule has 6 heteroatoms. The number of carbonyl (C=O) groups is 2. The number of hydrogen-bond acceptors (Lipinski definition) is 3. The van der Waals surface area contributed by atoms with E-state index in [0.29, 0.717) is 17.9 Å². The SMILES string of the molecule is COC[C@@H](C)N(C)C(=O)[C@H]1CC(=O)Nc2cc(F)ccc21. The number of rotatable bonds is 4. The van der Waals surface area contributed by atoms with Gasteiger partial charge in [0.15, 0.2) is 0 Å². The lowest BCUT2D eigenvalue weighted by atomic mass is 9.89. The number of hydrogen-bond donors (Lipinski definition) is 1. The van der Waals surface area contributed by atoms with Crippen molar-refractivity contribution in [2.75, 3.05) is 26.1 Å². The van der Waals surface area contributed by atoms with E-state index in [2.05, 4.69) is 5.32 Å². The summed E-state index contributed by atoms with van der Waals surface area (Å²) in [4.78, 5) is 25.9. The lowest BCUT2D eigenvalue weighted by Crippen LogP contribution is -2.42. The van der Waals surface area contributed by atoms with Gasteiger partial charge in [-0.1, -0.05) is 6.07 Å². The van der Waals surface area contributed by atoms with Crippen LogP contribution in [0.25, 0.3) is 0 Å². The summed E-state index contributed by atoms with van der Waals surface area (Å²) in [5.41, 5.74) is 1.02. The van der Waals surface area contributed by atoms with Gasteiger partial charge >= 0.3 is 0 Å². The fourth-order valence-electron chi connectivity index (χ4n) is 2.47. The third-order valence-electron chi connectivity index (χ3n) is 3.77. The van der Waals surface area contributed by atoms with E-state index in [-0.39, 0.29) is 24.3 Å². The standard InChI is InChI=1S/C15H19FN2O3/c1-9(8-21-3)18(2)15(20)12-7-14(19)17-13-6-10(16)4-5-11(12)13/h4-6,9,12H,7-8H2,1-3H3,(H,17,19)/t9-,12+/m1/s1. The summed E-state index contributed by atoms with van der Waals surface area (Å²) < 4.78 is 18.3. The van der Waals surface area contributed by atoms with Crippen molar-refractivity contribution in [2.24, 2.45) is 0 Å². The van der Waals surface area contributed by atoms with Gasteiger partial charge in [-0.2, -0.15) is 0 Å². The maximum Gasteiger partial charge on any atom is 0.230 e. The predicted molar refractivity (Wildman–Crippen MR) is 76.5 cm³/mol. The van der Waals surface area contributed by atoms with Crippen molar-refractivity contribution in [2.45, 2.75) is 25.3 Å². The minimum Gasteiger partial charge on any atom is -0.383 e. The zero-order valence-electron chi connectivity index (χ0n) is 12.4. The van der Waals surface area contributed by atoms with Gasteiger partial charge in [-0.05, 0) is 24.6 Å². The Hall–Kier alpha value is -1.95. The highest BCUT2D eigenvalue weighted by molar-refractivity contribution is 6.01. The number of halogens is 1. The van der Waals surface area contributed by atoms with Gasteiger partial charge in [0.05, 0.1) is 18.6 Å².